The van der Waals surface area contributed by atoms with E-state index in [1.807, 2.05) is 53.6 Å². The number of esters is 1. The highest BCUT2D eigenvalue weighted by Crippen LogP contribution is 2.37. The Labute approximate surface area is 122 Å². The molecule has 5 heteroatoms. The van der Waals surface area contributed by atoms with Gasteiger partial charge < -0.3 is 14.0 Å². The molecule has 1 unspecified atom stereocenters. The van der Waals surface area contributed by atoms with Crippen molar-refractivity contribution in [2.45, 2.75) is 71.2 Å². The maximum Gasteiger partial charge on any atom is 0.486 e. The average Bonchev–Trinajstić information content (AvgIpc) is 2.60. The van der Waals surface area contributed by atoms with Crippen LogP contribution in [0.4, 0.5) is 0 Å². The molecule has 112 valence electrons. The van der Waals surface area contributed by atoms with E-state index in [-0.39, 0.29) is 35.8 Å². The average molecular weight is 280 g/mol. The zero-order valence-corrected chi connectivity index (χ0v) is 13.4. The molecule has 0 bridgehead atoms. The van der Waals surface area contributed by atoms with Crippen molar-refractivity contribution in [1.82, 2.24) is 0 Å². The summed E-state index contributed by atoms with van der Waals surface area (Å²) in [6.07, 6.45) is 3.40. The van der Waals surface area contributed by atoms with Crippen molar-refractivity contribution in [3.63, 3.8) is 0 Å². The van der Waals surface area contributed by atoms with E-state index in [0.29, 0.717) is 6.42 Å². The van der Waals surface area contributed by atoms with E-state index < -0.39 is 0 Å². The fraction of sp³-hybridized carbons (Fsp3) is 0.800. The third-order valence-corrected chi connectivity index (χ3v) is 4.43. The Bertz CT molecular complexity index is 410. The lowest BCUT2D eigenvalue weighted by Crippen LogP contribution is -2.41. The maximum absolute atomic E-state index is 11.7. The number of carbonyl (C=O) groups is 1. The van der Waals surface area contributed by atoms with Gasteiger partial charge in [0.1, 0.15) is 5.60 Å². The highest BCUT2D eigenvalue weighted by atomic mass is 16.7. The van der Waals surface area contributed by atoms with Gasteiger partial charge in [-0.2, -0.15) is 0 Å². The van der Waals surface area contributed by atoms with Gasteiger partial charge in [-0.25, -0.2) is 0 Å². The van der Waals surface area contributed by atoms with Gasteiger partial charge in [0.05, 0.1) is 17.1 Å². The standard InChI is InChI=1S/C15H25BO4/c1-13(2)10-11(12(17)18-13)8-7-9-16-19-14(3,4)15(5,6)20-16/h7,9,11H,8,10H2,1-6H3/b9-7+. The van der Waals surface area contributed by atoms with Gasteiger partial charge in [0.2, 0.25) is 0 Å². The topological polar surface area (TPSA) is 44.8 Å². The molecule has 2 fully saturated rings. The molecule has 2 aliphatic rings. The van der Waals surface area contributed by atoms with E-state index in [4.69, 9.17) is 14.0 Å². The largest absolute Gasteiger partial charge is 0.486 e. The summed E-state index contributed by atoms with van der Waals surface area (Å²) in [6, 6.07) is 0. The van der Waals surface area contributed by atoms with Crippen LogP contribution in [0.1, 0.15) is 54.4 Å². The van der Waals surface area contributed by atoms with Crippen LogP contribution in [0.25, 0.3) is 0 Å². The van der Waals surface area contributed by atoms with E-state index in [2.05, 4.69) is 0 Å². The maximum atomic E-state index is 11.7. The van der Waals surface area contributed by atoms with Gasteiger partial charge in [-0.15, -0.1) is 0 Å². The molecule has 0 aromatic heterocycles. The Balaban J connectivity index is 1.88. The fourth-order valence-electron chi connectivity index (χ4n) is 2.57. The van der Waals surface area contributed by atoms with Crippen LogP contribution >= 0.6 is 0 Å². The molecule has 1 atom stereocenters. The van der Waals surface area contributed by atoms with Crippen LogP contribution in [-0.4, -0.2) is 29.9 Å². The number of allylic oxidation sites excluding steroid dienone is 1. The van der Waals surface area contributed by atoms with Crippen LogP contribution < -0.4 is 0 Å². The number of rotatable bonds is 3. The lowest BCUT2D eigenvalue weighted by atomic mass is 9.87. The number of hydrogen-bond donors (Lipinski definition) is 0. The van der Waals surface area contributed by atoms with Crippen molar-refractivity contribution in [3.05, 3.63) is 12.1 Å². The molecular weight excluding hydrogens is 255 g/mol. The Morgan fingerprint density at radius 2 is 1.70 bits per heavy atom. The van der Waals surface area contributed by atoms with Crippen molar-refractivity contribution >= 4 is 13.1 Å². The molecule has 2 saturated heterocycles. The van der Waals surface area contributed by atoms with Crippen LogP contribution in [0.15, 0.2) is 12.1 Å². The summed E-state index contributed by atoms with van der Waals surface area (Å²) in [6.45, 7) is 12.0. The highest BCUT2D eigenvalue weighted by Gasteiger charge is 2.50. The van der Waals surface area contributed by atoms with Crippen LogP contribution in [0.5, 0.6) is 0 Å². The monoisotopic (exact) mass is 280 g/mol. The Morgan fingerprint density at radius 1 is 1.15 bits per heavy atom. The van der Waals surface area contributed by atoms with Gasteiger partial charge in [-0.3, -0.25) is 4.79 Å². The molecule has 0 amide bonds. The Hall–Kier alpha value is -0.805. The van der Waals surface area contributed by atoms with Crippen molar-refractivity contribution in [3.8, 4) is 0 Å². The third kappa shape index (κ3) is 3.09. The summed E-state index contributed by atoms with van der Waals surface area (Å²) in [5.74, 6) is 1.74. The molecule has 0 aromatic carbocycles. The normalized spacial score (nSPS) is 31.0. The zero-order valence-electron chi connectivity index (χ0n) is 13.4. The summed E-state index contributed by atoms with van der Waals surface area (Å²) < 4.78 is 17.1. The molecule has 2 aliphatic heterocycles. The predicted molar refractivity (Wildman–Crippen MR) is 78.1 cm³/mol. The lowest BCUT2D eigenvalue weighted by molar-refractivity contribution is -0.148. The molecular formula is C15H25BO4. The molecule has 0 saturated carbocycles. The van der Waals surface area contributed by atoms with E-state index in [9.17, 15) is 4.79 Å². The molecule has 0 aromatic rings. The van der Waals surface area contributed by atoms with Crippen molar-refractivity contribution in [2.75, 3.05) is 0 Å². The fourth-order valence-corrected chi connectivity index (χ4v) is 2.57. The third-order valence-electron chi connectivity index (χ3n) is 4.43. The molecule has 0 aliphatic carbocycles. The second kappa shape index (κ2) is 4.88. The smallest absolute Gasteiger partial charge is 0.459 e. The van der Waals surface area contributed by atoms with Crippen molar-refractivity contribution in [1.29, 1.82) is 0 Å². The SMILES string of the molecule is CC1(C)CC(C/C=C/B2OC(C)(C)C(C)(C)O2)C(=O)O1. The number of cyclic esters (lactones) is 1. The van der Waals surface area contributed by atoms with E-state index in [1.165, 1.54) is 0 Å². The molecule has 2 heterocycles. The van der Waals surface area contributed by atoms with Gasteiger partial charge in [0, 0.05) is 6.42 Å². The van der Waals surface area contributed by atoms with Crippen LogP contribution in [0, 0.1) is 5.92 Å². The molecule has 4 nitrogen and oxygen atoms in total. The Kier molecular flexibility index (Phi) is 3.80. The van der Waals surface area contributed by atoms with Crippen LogP contribution in [0.2, 0.25) is 0 Å². The van der Waals surface area contributed by atoms with Gasteiger partial charge in [-0.05, 0) is 48.0 Å². The summed E-state index contributed by atoms with van der Waals surface area (Å²) in [5.41, 5.74) is -0.980. The summed E-state index contributed by atoms with van der Waals surface area (Å²) in [4.78, 5) is 11.7. The van der Waals surface area contributed by atoms with E-state index in [0.717, 1.165) is 6.42 Å². The summed E-state index contributed by atoms with van der Waals surface area (Å²) in [7, 11) is -0.342. The van der Waals surface area contributed by atoms with Crippen LogP contribution in [-0.2, 0) is 18.8 Å². The lowest BCUT2D eigenvalue weighted by Gasteiger charge is -2.32. The van der Waals surface area contributed by atoms with Gasteiger partial charge in [0.15, 0.2) is 0 Å². The van der Waals surface area contributed by atoms with E-state index in [1.54, 1.807) is 0 Å². The predicted octanol–water partition coefficient (Wildman–Crippen LogP) is 2.91. The number of carbonyl (C=O) groups excluding carboxylic acids is 1. The zero-order chi connectivity index (χ0) is 15.2. The first-order valence-electron chi connectivity index (χ1n) is 7.28. The van der Waals surface area contributed by atoms with Gasteiger partial charge >= 0.3 is 13.1 Å². The van der Waals surface area contributed by atoms with Crippen molar-refractivity contribution < 1.29 is 18.8 Å². The first-order chi connectivity index (χ1) is 9.02. The quantitative estimate of drug-likeness (QED) is 0.589. The van der Waals surface area contributed by atoms with Crippen LogP contribution in [0.3, 0.4) is 0 Å². The first kappa shape index (κ1) is 15.6. The summed E-state index contributed by atoms with van der Waals surface area (Å²) in [5, 5.41) is 0. The molecule has 0 spiro atoms. The van der Waals surface area contributed by atoms with Gasteiger partial charge in [0.25, 0.3) is 0 Å². The minimum atomic E-state index is -0.342. The minimum absolute atomic E-state index is 0.0522. The molecule has 2 rings (SSSR count). The first-order valence-corrected chi connectivity index (χ1v) is 7.28. The second-order valence-corrected chi connectivity index (χ2v) is 7.37. The molecule has 0 radical (unpaired) electrons. The number of hydrogen-bond acceptors (Lipinski definition) is 4. The molecule has 0 N–H and O–H groups in total. The highest BCUT2D eigenvalue weighted by molar-refractivity contribution is 6.51. The van der Waals surface area contributed by atoms with Crippen molar-refractivity contribution in [2.24, 2.45) is 5.92 Å². The molecule has 20 heavy (non-hydrogen) atoms. The second-order valence-electron chi connectivity index (χ2n) is 7.37. The Morgan fingerprint density at radius 3 is 2.15 bits per heavy atom. The van der Waals surface area contributed by atoms with Gasteiger partial charge in [-0.1, -0.05) is 12.1 Å². The van der Waals surface area contributed by atoms with E-state index >= 15 is 0 Å². The summed E-state index contributed by atoms with van der Waals surface area (Å²) >= 11 is 0. The minimum Gasteiger partial charge on any atom is -0.459 e. The number of ether oxygens (including phenoxy) is 1.